The van der Waals surface area contributed by atoms with Gasteiger partial charge in [-0.15, -0.1) is 0 Å². The molecule has 1 unspecified atom stereocenters. The van der Waals surface area contributed by atoms with E-state index in [9.17, 15) is 4.79 Å². The third kappa shape index (κ3) is 3.28. The van der Waals surface area contributed by atoms with Crippen LogP contribution in [-0.2, 0) is 11.2 Å². The second-order valence-corrected chi connectivity index (χ2v) is 5.08. The average Bonchev–Trinajstić information content (AvgIpc) is 3.19. The first-order chi connectivity index (χ1) is 10.3. The quantitative estimate of drug-likeness (QED) is 0.867. The van der Waals surface area contributed by atoms with Crippen molar-refractivity contribution in [1.29, 1.82) is 0 Å². The smallest absolute Gasteiger partial charge is 0.254 e. The molecule has 3 heterocycles. The van der Waals surface area contributed by atoms with E-state index in [-0.39, 0.29) is 11.8 Å². The van der Waals surface area contributed by atoms with E-state index < -0.39 is 0 Å². The lowest BCUT2D eigenvalue weighted by atomic mass is 10.0. The van der Waals surface area contributed by atoms with Crippen LogP contribution in [0.2, 0.25) is 0 Å². The highest BCUT2D eigenvalue weighted by Crippen LogP contribution is 2.25. The third-order valence-corrected chi connectivity index (χ3v) is 3.64. The number of H-pyrrole nitrogens is 1. The predicted molar refractivity (Wildman–Crippen MR) is 77.0 cm³/mol. The fourth-order valence-electron chi connectivity index (χ4n) is 2.50. The first-order valence-corrected chi connectivity index (χ1v) is 7.13. The maximum Gasteiger partial charge on any atom is 0.254 e. The van der Waals surface area contributed by atoms with Crippen molar-refractivity contribution in [1.82, 2.24) is 20.5 Å². The second kappa shape index (κ2) is 6.49. The lowest BCUT2D eigenvalue weighted by Crippen LogP contribution is -2.27. The van der Waals surface area contributed by atoms with Gasteiger partial charge in [-0.25, -0.2) is 0 Å². The van der Waals surface area contributed by atoms with Crippen molar-refractivity contribution in [2.24, 2.45) is 0 Å². The SMILES string of the molecule is O=C(NCCc1ccccn1)c1cn[nH]c1C1CCOC1. The molecule has 2 aromatic rings. The van der Waals surface area contributed by atoms with Crippen LogP contribution >= 0.6 is 0 Å². The van der Waals surface area contributed by atoms with Crippen LogP contribution in [0.1, 0.15) is 34.1 Å². The van der Waals surface area contributed by atoms with Crippen LogP contribution in [0.25, 0.3) is 0 Å². The molecule has 110 valence electrons. The van der Waals surface area contributed by atoms with Gasteiger partial charge in [-0.1, -0.05) is 6.07 Å². The van der Waals surface area contributed by atoms with E-state index in [1.165, 1.54) is 0 Å². The Bertz CT molecular complexity index is 591. The molecule has 1 atom stereocenters. The van der Waals surface area contributed by atoms with Gasteiger partial charge >= 0.3 is 0 Å². The van der Waals surface area contributed by atoms with Gasteiger partial charge in [0, 0.05) is 37.4 Å². The Balaban J connectivity index is 1.57. The van der Waals surface area contributed by atoms with Gasteiger partial charge in [0.1, 0.15) is 0 Å². The minimum atomic E-state index is -0.0958. The molecule has 1 amide bonds. The zero-order chi connectivity index (χ0) is 14.5. The molecule has 1 aliphatic rings. The van der Waals surface area contributed by atoms with E-state index in [0.29, 0.717) is 25.1 Å². The summed E-state index contributed by atoms with van der Waals surface area (Å²) < 4.78 is 5.37. The van der Waals surface area contributed by atoms with Crippen molar-refractivity contribution in [2.75, 3.05) is 19.8 Å². The third-order valence-electron chi connectivity index (χ3n) is 3.64. The van der Waals surface area contributed by atoms with Gasteiger partial charge in [0.25, 0.3) is 5.91 Å². The largest absolute Gasteiger partial charge is 0.381 e. The van der Waals surface area contributed by atoms with Gasteiger partial charge in [0.2, 0.25) is 0 Å². The summed E-state index contributed by atoms with van der Waals surface area (Å²) >= 11 is 0. The molecule has 3 rings (SSSR count). The Labute approximate surface area is 122 Å². The van der Waals surface area contributed by atoms with Crippen molar-refractivity contribution < 1.29 is 9.53 Å². The molecule has 21 heavy (non-hydrogen) atoms. The maximum absolute atomic E-state index is 12.2. The van der Waals surface area contributed by atoms with Gasteiger partial charge in [-0.05, 0) is 18.6 Å². The zero-order valence-corrected chi connectivity index (χ0v) is 11.7. The average molecular weight is 286 g/mol. The molecule has 0 spiro atoms. The van der Waals surface area contributed by atoms with E-state index in [0.717, 1.165) is 24.4 Å². The van der Waals surface area contributed by atoms with E-state index in [2.05, 4.69) is 20.5 Å². The Kier molecular flexibility index (Phi) is 4.25. The van der Waals surface area contributed by atoms with Crippen molar-refractivity contribution >= 4 is 5.91 Å². The molecule has 2 N–H and O–H groups in total. The van der Waals surface area contributed by atoms with Crippen molar-refractivity contribution in [3.05, 3.63) is 47.5 Å². The molecular weight excluding hydrogens is 268 g/mol. The summed E-state index contributed by atoms with van der Waals surface area (Å²) in [7, 11) is 0. The highest BCUT2D eigenvalue weighted by molar-refractivity contribution is 5.95. The number of nitrogens with one attached hydrogen (secondary N) is 2. The standard InChI is InChI=1S/C15H18N4O2/c20-15(17-7-4-12-3-1-2-6-16-12)13-9-18-19-14(13)11-5-8-21-10-11/h1-3,6,9,11H,4-5,7-8,10H2,(H,17,20)(H,18,19). The van der Waals surface area contributed by atoms with E-state index in [1.807, 2.05) is 18.2 Å². The fraction of sp³-hybridized carbons (Fsp3) is 0.400. The molecule has 1 aliphatic heterocycles. The van der Waals surface area contributed by atoms with Crippen LogP contribution in [0.15, 0.2) is 30.6 Å². The molecular formula is C15H18N4O2. The summed E-state index contributed by atoms with van der Waals surface area (Å²) in [5.41, 5.74) is 2.46. The van der Waals surface area contributed by atoms with Crippen LogP contribution in [-0.4, -0.2) is 40.8 Å². The van der Waals surface area contributed by atoms with Crippen molar-refractivity contribution in [2.45, 2.75) is 18.8 Å². The second-order valence-electron chi connectivity index (χ2n) is 5.08. The lowest BCUT2D eigenvalue weighted by Gasteiger charge is -2.09. The van der Waals surface area contributed by atoms with Crippen molar-refractivity contribution in [3.8, 4) is 0 Å². The predicted octanol–water partition coefficient (Wildman–Crippen LogP) is 1.28. The zero-order valence-electron chi connectivity index (χ0n) is 11.7. The van der Waals surface area contributed by atoms with Crippen LogP contribution in [0.3, 0.4) is 0 Å². The van der Waals surface area contributed by atoms with Gasteiger partial charge in [0.05, 0.1) is 24.1 Å². The molecule has 1 fully saturated rings. The number of amides is 1. The molecule has 0 aromatic carbocycles. The number of rotatable bonds is 5. The number of aromatic amines is 1. The Morgan fingerprint density at radius 3 is 3.19 bits per heavy atom. The molecule has 0 aliphatic carbocycles. The highest BCUT2D eigenvalue weighted by Gasteiger charge is 2.24. The molecule has 6 nitrogen and oxygen atoms in total. The molecule has 0 saturated carbocycles. The van der Waals surface area contributed by atoms with Gasteiger partial charge in [-0.2, -0.15) is 5.10 Å². The van der Waals surface area contributed by atoms with Crippen molar-refractivity contribution in [3.63, 3.8) is 0 Å². The minimum Gasteiger partial charge on any atom is -0.381 e. The summed E-state index contributed by atoms with van der Waals surface area (Å²) in [6.45, 7) is 1.95. The first kappa shape index (κ1) is 13.8. The Morgan fingerprint density at radius 1 is 1.48 bits per heavy atom. The topological polar surface area (TPSA) is 79.9 Å². The van der Waals surface area contributed by atoms with Crippen LogP contribution in [0, 0.1) is 0 Å². The summed E-state index contributed by atoms with van der Waals surface area (Å²) in [5.74, 6) is 0.144. The minimum absolute atomic E-state index is 0.0958. The Morgan fingerprint density at radius 2 is 2.43 bits per heavy atom. The summed E-state index contributed by atoms with van der Waals surface area (Å²) in [6, 6.07) is 5.77. The molecule has 2 aromatic heterocycles. The highest BCUT2D eigenvalue weighted by atomic mass is 16.5. The number of pyridine rings is 1. The van der Waals surface area contributed by atoms with E-state index in [4.69, 9.17) is 4.74 Å². The van der Waals surface area contributed by atoms with Crippen LogP contribution < -0.4 is 5.32 Å². The van der Waals surface area contributed by atoms with E-state index >= 15 is 0 Å². The number of hydrogen-bond acceptors (Lipinski definition) is 4. The Hall–Kier alpha value is -2.21. The summed E-state index contributed by atoms with van der Waals surface area (Å²) in [5, 5.41) is 9.85. The van der Waals surface area contributed by atoms with Crippen LogP contribution in [0.5, 0.6) is 0 Å². The fourth-order valence-corrected chi connectivity index (χ4v) is 2.50. The maximum atomic E-state index is 12.2. The van der Waals surface area contributed by atoms with Gasteiger partial charge in [0.15, 0.2) is 0 Å². The summed E-state index contributed by atoms with van der Waals surface area (Å²) in [6.07, 6.45) is 4.98. The monoisotopic (exact) mass is 286 g/mol. The molecule has 1 saturated heterocycles. The number of aromatic nitrogens is 3. The van der Waals surface area contributed by atoms with Gasteiger partial charge in [-0.3, -0.25) is 14.9 Å². The number of nitrogens with zero attached hydrogens (tertiary/aromatic N) is 2. The first-order valence-electron chi connectivity index (χ1n) is 7.13. The normalized spacial score (nSPS) is 17.8. The van der Waals surface area contributed by atoms with Crippen LogP contribution in [0.4, 0.5) is 0 Å². The molecule has 0 bridgehead atoms. The van der Waals surface area contributed by atoms with Gasteiger partial charge < -0.3 is 10.1 Å². The number of hydrogen-bond donors (Lipinski definition) is 2. The number of carbonyl (C=O) groups excluding carboxylic acids is 1. The lowest BCUT2D eigenvalue weighted by molar-refractivity contribution is 0.0952. The summed E-state index contributed by atoms with van der Waals surface area (Å²) in [4.78, 5) is 16.5. The molecule has 6 heteroatoms. The number of carbonyl (C=O) groups is 1. The molecule has 0 radical (unpaired) electrons. The van der Waals surface area contributed by atoms with E-state index in [1.54, 1.807) is 12.4 Å². The number of ether oxygens (including phenoxy) is 1.